The molecule has 1 aromatic heterocycles. The van der Waals surface area contributed by atoms with E-state index in [1.165, 1.54) is 18.2 Å². The summed E-state index contributed by atoms with van der Waals surface area (Å²) in [5.74, 6) is -1.18. The first-order valence-electron chi connectivity index (χ1n) is 8.66. The Morgan fingerprint density at radius 2 is 1.88 bits per heavy atom. The molecule has 0 fully saturated rings. The molecule has 1 heterocycles. The van der Waals surface area contributed by atoms with Gasteiger partial charge in [0.2, 0.25) is 5.91 Å². The number of benzene rings is 1. The highest BCUT2D eigenvalue weighted by molar-refractivity contribution is 5.95. The Hall–Kier alpha value is -2.70. The van der Waals surface area contributed by atoms with Gasteiger partial charge >= 0.3 is 0 Å². The highest BCUT2D eigenvalue weighted by Gasteiger charge is 2.15. The van der Waals surface area contributed by atoms with Crippen molar-refractivity contribution in [3.05, 3.63) is 52.6 Å². The maximum Gasteiger partial charge on any atom is 0.272 e. The van der Waals surface area contributed by atoms with Crippen LogP contribution in [0.3, 0.4) is 0 Å². The van der Waals surface area contributed by atoms with Gasteiger partial charge < -0.3 is 0 Å². The molecule has 6 nitrogen and oxygen atoms in total. The number of hydrogen-bond donors (Lipinski definition) is 2. The minimum Gasteiger partial charge on any atom is -0.273 e. The molecule has 0 unspecified atom stereocenters. The Morgan fingerprint density at radius 3 is 2.54 bits per heavy atom. The standard InChI is InChI=1S/C19H25FN4O2/c1-12(2)11-24-14(4)15(13(3)23-24)9-10-18(25)21-22-19(26)16-7-5-6-8-17(16)20/h5-8,12H,9-11H2,1-4H3,(H,21,25)(H,22,26). The van der Waals surface area contributed by atoms with Crippen LogP contribution in [0, 0.1) is 25.6 Å². The predicted molar refractivity (Wildman–Crippen MR) is 96.9 cm³/mol. The molecule has 0 aliphatic carbocycles. The molecule has 0 atom stereocenters. The first kappa shape index (κ1) is 19.6. The second-order valence-electron chi connectivity index (χ2n) is 6.71. The average Bonchev–Trinajstić information content (AvgIpc) is 2.84. The number of rotatable bonds is 6. The fourth-order valence-corrected chi connectivity index (χ4v) is 2.76. The zero-order chi connectivity index (χ0) is 19.3. The molecular weight excluding hydrogens is 335 g/mol. The second kappa shape index (κ2) is 8.60. The molecule has 0 aliphatic rings. The highest BCUT2D eigenvalue weighted by Crippen LogP contribution is 2.16. The van der Waals surface area contributed by atoms with E-state index in [0.717, 1.165) is 23.5 Å². The SMILES string of the molecule is Cc1nn(CC(C)C)c(C)c1CCC(=O)NNC(=O)c1ccccc1F. The number of carbonyl (C=O) groups excluding carboxylic acids is 2. The molecule has 0 radical (unpaired) electrons. The number of hydrogen-bond acceptors (Lipinski definition) is 3. The molecule has 2 amide bonds. The van der Waals surface area contributed by atoms with E-state index in [-0.39, 0.29) is 17.9 Å². The van der Waals surface area contributed by atoms with Crippen molar-refractivity contribution < 1.29 is 14.0 Å². The Balaban J connectivity index is 1.88. The van der Waals surface area contributed by atoms with Crippen LogP contribution in [0.15, 0.2) is 24.3 Å². The fraction of sp³-hybridized carbons (Fsp3) is 0.421. The summed E-state index contributed by atoms with van der Waals surface area (Å²) < 4.78 is 15.5. The van der Waals surface area contributed by atoms with Crippen molar-refractivity contribution in [2.45, 2.75) is 47.1 Å². The molecular formula is C19H25FN4O2. The Kier molecular flexibility index (Phi) is 6.49. The molecule has 2 rings (SSSR count). The van der Waals surface area contributed by atoms with Crippen LogP contribution in [-0.2, 0) is 17.8 Å². The summed E-state index contributed by atoms with van der Waals surface area (Å²) in [4.78, 5) is 23.9. The number of carbonyl (C=O) groups is 2. The van der Waals surface area contributed by atoms with Gasteiger partial charge in [-0.25, -0.2) is 4.39 Å². The zero-order valence-corrected chi connectivity index (χ0v) is 15.6. The first-order valence-corrected chi connectivity index (χ1v) is 8.66. The normalized spacial score (nSPS) is 10.8. The van der Waals surface area contributed by atoms with Crippen LogP contribution in [0.25, 0.3) is 0 Å². The zero-order valence-electron chi connectivity index (χ0n) is 15.6. The third-order valence-corrected chi connectivity index (χ3v) is 4.11. The fourth-order valence-electron chi connectivity index (χ4n) is 2.76. The van der Waals surface area contributed by atoms with Crippen molar-refractivity contribution in [1.82, 2.24) is 20.6 Å². The minimum absolute atomic E-state index is 0.116. The van der Waals surface area contributed by atoms with Crippen molar-refractivity contribution in [1.29, 1.82) is 0 Å². The number of amides is 2. The van der Waals surface area contributed by atoms with Gasteiger partial charge in [0.1, 0.15) is 5.82 Å². The van der Waals surface area contributed by atoms with Gasteiger partial charge in [0, 0.05) is 18.7 Å². The molecule has 2 aromatic rings. The topological polar surface area (TPSA) is 76.0 Å². The van der Waals surface area contributed by atoms with Gasteiger partial charge in [0.25, 0.3) is 5.91 Å². The van der Waals surface area contributed by atoms with E-state index in [4.69, 9.17) is 0 Å². The first-order chi connectivity index (χ1) is 12.3. The molecule has 140 valence electrons. The van der Waals surface area contributed by atoms with Crippen LogP contribution >= 0.6 is 0 Å². The smallest absolute Gasteiger partial charge is 0.272 e. The van der Waals surface area contributed by atoms with Crippen molar-refractivity contribution in [3.63, 3.8) is 0 Å². The molecule has 2 N–H and O–H groups in total. The summed E-state index contributed by atoms with van der Waals surface area (Å²) in [6.07, 6.45) is 0.726. The van der Waals surface area contributed by atoms with E-state index in [9.17, 15) is 14.0 Å². The molecule has 0 aliphatic heterocycles. The van der Waals surface area contributed by atoms with Gasteiger partial charge in [-0.05, 0) is 43.9 Å². The number of hydrazine groups is 1. The van der Waals surface area contributed by atoms with Gasteiger partial charge in [0.05, 0.1) is 11.3 Å². The molecule has 0 saturated heterocycles. The van der Waals surface area contributed by atoms with Crippen LogP contribution in [0.2, 0.25) is 0 Å². The Morgan fingerprint density at radius 1 is 1.19 bits per heavy atom. The number of aryl methyl sites for hydroxylation is 1. The number of nitrogens with one attached hydrogen (secondary N) is 2. The highest BCUT2D eigenvalue weighted by atomic mass is 19.1. The monoisotopic (exact) mass is 360 g/mol. The summed E-state index contributed by atoms with van der Waals surface area (Å²) in [7, 11) is 0. The van der Waals surface area contributed by atoms with Crippen molar-refractivity contribution in [2.75, 3.05) is 0 Å². The third kappa shape index (κ3) is 4.91. The second-order valence-corrected chi connectivity index (χ2v) is 6.71. The minimum atomic E-state index is -0.687. The Labute approximate surface area is 152 Å². The number of nitrogens with zero attached hydrogens (tertiary/aromatic N) is 2. The van der Waals surface area contributed by atoms with Gasteiger partial charge in [-0.15, -0.1) is 0 Å². The average molecular weight is 360 g/mol. The summed E-state index contributed by atoms with van der Waals surface area (Å²) in [5.41, 5.74) is 7.45. The van der Waals surface area contributed by atoms with Crippen LogP contribution in [-0.4, -0.2) is 21.6 Å². The van der Waals surface area contributed by atoms with Crippen LogP contribution < -0.4 is 10.9 Å². The summed E-state index contributed by atoms with van der Waals surface area (Å²) in [5, 5.41) is 4.53. The molecule has 1 aromatic carbocycles. The van der Waals surface area contributed by atoms with Crippen LogP contribution in [0.5, 0.6) is 0 Å². The lowest BCUT2D eigenvalue weighted by atomic mass is 10.1. The van der Waals surface area contributed by atoms with Crippen molar-refractivity contribution >= 4 is 11.8 Å². The Bertz CT molecular complexity index is 799. The summed E-state index contributed by atoms with van der Waals surface area (Å²) >= 11 is 0. The third-order valence-electron chi connectivity index (χ3n) is 4.11. The van der Waals surface area contributed by atoms with Gasteiger partial charge in [-0.2, -0.15) is 5.10 Å². The molecule has 0 spiro atoms. The van der Waals surface area contributed by atoms with E-state index in [2.05, 4.69) is 29.8 Å². The van der Waals surface area contributed by atoms with Gasteiger partial charge in [-0.1, -0.05) is 26.0 Å². The van der Waals surface area contributed by atoms with Crippen molar-refractivity contribution in [3.8, 4) is 0 Å². The van der Waals surface area contributed by atoms with E-state index in [1.54, 1.807) is 6.07 Å². The number of aromatic nitrogens is 2. The summed E-state index contributed by atoms with van der Waals surface area (Å²) in [6.45, 7) is 9.01. The lowest BCUT2D eigenvalue weighted by molar-refractivity contribution is -0.121. The van der Waals surface area contributed by atoms with E-state index < -0.39 is 11.7 Å². The molecule has 26 heavy (non-hydrogen) atoms. The maximum atomic E-state index is 13.5. The molecule has 7 heteroatoms. The predicted octanol–water partition coefficient (Wildman–Crippen LogP) is 2.69. The quantitative estimate of drug-likeness (QED) is 0.778. The van der Waals surface area contributed by atoms with Crippen molar-refractivity contribution in [2.24, 2.45) is 5.92 Å². The van der Waals surface area contributed by atoms with E-state index in [1.807, 2.05) is 18.5 Å². The van der Waals surface area contributed by atoms with Crippen LogP contribution in [0.1, 0.15) is 47.6 Å². The van der Waals surface area contributed by atoms with Gasteiger partial charge in [-0.3, -0.25) is 25.1 Å². The van der Waals surface area contributed by atoms with Gasteiger partial charge in [0.15, 0.2) is 0 Å². The van der Waals surface area contributed by atoms with Crippen LogP contribution in [0.4, 0.5) is 4.39 Å². The molecule has 0 saturated carbocycles. The van der Waals surface area contributed by atoms with E-state index >= 15 is 0 Å². The number of halogens is 1. The summed E-state index contributed by atoms with van der Waals surface area (Å²) in [6, 6.07) is 5.60. The largest absolute Gasteiger partial charge is 0.273 e. The lowest BCUT2D eigenvalue weighted by Gasteiger charge is -2.09. The lowest BCUT2D eigenvalue weighted by Crippen LogP contribution is -2.42. The van der Waals surface area contributed by atoms with E-state index in [0.29, 0.717) is 12.3 Å². The molecule has 0 bridgehead atoms. The maximum absolute atomic E-state index is 13.5.